The standard InChI is InChI=1S/C21H21N3O3/c1-2-27-15-17-9-7-6-8-16(17)14-22-21(26)19-12-13-20(25)24(23-19)18-10-4-3-5-11-18/h3-13H,2,14-15H2,1H3,(H,22,26). The van der Waals surface area contributed by atoms with Crippen molar-refractivity contribution in [1.82, 2.24) is 15.1 Å². The molecule has 1 aromatic heterocycles. The first kappa shape index (κ1) is 18.5. The quantitative estimate of drug-likeness (QED) is 0.700. The van der Waals surface area contributed by atoms with E-state index in [9.17, 15) is 9.59 Å². The maximum absolute atomic E-state index is 12.5. The number of hydrogen-bond acceptors (Lipinski definition) is 4. The third-order valence-electron chi connectivity index (χ3n) is 4.05. The Kier molecular flexibility index (Phi) is 6.12. The normalized spacial score (nSPS) is 10.6. The molecule has 27 heavy (non-hydrogen) atoms. The van der Waals surface area contributed by atoms with Gasteiger partial charge in [-0.15, -0.1) is 0 Å². The predicted molar refractivity (Wildman–Crippen MR) is 103 cm³/mol. The Morgan fingerprint density at radius 3 is 2.44 bits per heavy atom. The maximum atomic E-state index is 12.5. The number of ether oxygens (including phenoxy) is 1. The highest BCUT2D eigenvalue weighted by atomic mass is 16.5. The van der Waals surface area contributed by atoms with E-state index in [4.69, 9.17) is 4.74 Å². The van der Waals surface area contributed by atoms with E-state index in [1.807, 2.05) is 49.4 Å². The number of benzene rings is 2. The zero-order valence-electron chi connectivity index (χ0n) is 15.1. The number of carbonyl (C=O) groups excluding carboxylic acids is 1. The van der Waals surface area contributed by atoms with Gasteiger partial charge in [0.05, 0.1) is 12.3 Å². The van der Waals surface area contributed by atoms with E-state index in [2.05, 4.69) is 10.4 Å². The van der Waals surface area contributed by atoms with Crippen LogP contribution in [0.2, 0.25) is 0 Å². The highest BCUT2D eigenvalue weighted by Crippen LogP contribution is 2.10. The van der Waals surface area contributed by atoms with Gasteiger partial charge in [0.25, 0.3) is 11.5 Å². The summed E-state index contributed by atoms with van der Waals surface area (Å²) in [6.45, 7) is 3.43. The summed E-state index contributed by atoms with van der Waals surface area (Å²) in [7, 11) is 0. The van der Waals surface area contributed by atoms with Crippen molar-refractivity contribution in [3.05, 3.63) is 93.9 Å². The first-order valence-corrected chi connectivity index (χ1v) is 8.77. The summed E-state index contributed by atoms with van der Waals surface area (Å²) in [6.07, 6.45) is 0. The zero-order valence-corrected chi connectivity index (χ0v) is 15.1. The number of hydrogen-bond donors (Lipinski definition) is 1. The number of para-hydroxylation sites is 1. The van der Waals surface area contributed by atoms with Crippen molar-refractivity contribution >= 4 is 5.91 Å². The fraction of sp³-hybridized carbons (Fsp3) is 0.190. The van der Waals surface area contributed by atoms with Crippen molar-refractivity contribution in [1.29, 1.82) is 0 Å². The summed E-state index contributed by atoms with van der Waals surface area (Å²) < 4.78 is 6.69. The third-order valence-corrected chi connectivity index (χ3v) is 4.05. The summed E-state index contributed by atoms with van der Waals surface area (Å²) in [5, 5.41) is 7.05. The van der Waals surface area contributed by atoms with Crippen LogP contribution in [0, 0.1) is 0 Å². The molecule has 0 radical (unpaired) electrons. The van der Waals surface area contributed by atoms with E-state index >= 15 is 0 Å². The largest absolute Gasteiger partial charge is 0.377 e. The molecule has 138 valence electrons. The molecule has 0 saturated heterocycles. The van der Waals surface area contributed by atoms with Gasteiger partial charge in [-0.05, 0) is 36.2 Å². The van der Waals surface area contributed by atoms with Crippen LogP contribution in [0.15, 0.2) is 71.5 Å². The summed E-state index contributed by atoms with van der Waals surface area (Å²) in [6, 6.07) is 19.6. The molecule has 0 unspecified atom stereocenters. The van der Waals surface area contributed by atoms with E-state index in [1.54, 1.807) is 12.1 Å². The minimum Gasteiger partial charge on any atom is -0.377 e. The smallest absolute Gasteiger partial charge is 0.272 e. The van der Waals surface area contributed by atoms with Crippen LogP contribution in [0.25, 0.3) is 5.69 Å². The van der Waals surface area contributed by atoms with Crippen molar-refractivity contribution in [3.63, 3.8) is 0 Å². The van der Waals surface area contributed by atoms with Crippen LogP contribution in [-0.4, -0.2) is 22.3 Å². The molecular formula is C21H21N3O3. The molecule has 0 saturated carbocycles. The minimum atomic E-state index is -0.342. The van der Waals surface area contributed by atoms with Gasteiger partial charge in [0, 0.05) is 19.2 Å². The number of aromatic nitrogens is 2. The molecule has 0 aliphatic heterocycles. The van der Waals surface area contributed by atoms with Gasteiger partial charge in [-0.1, -0.05) is 42.5 Å². The van der Waals surface area contributed by atoms with Crippen LogP contribution >= 0.6 is 0 Å². The number of carbonyl (C=O) groups is 1. The fourth-order valence-corrected chi connectivity index (χ4v) is 2.64. The number of nitrogens with one attached hydrogen (secondary N) is 1. The number of rotatable bonds is 7. The molecule has 3 rings (SSSR count). The maximum Gasteiger partial charge on any atom is 0.272 e. The molecule has 0 spiro atoms. The van der Waals surface area contributed by atoms with E-state index < -0.39 is 0 Å². The van der Waals surface area contributed by atoms with Crippen molar-refractivity contribution in [2.24, 2.45) is 0 Å². The number of nitrogens with zero attached hydrogens (tertiary/aromatic N) is 2. The fourth-order valence-electron chi connectivity index (χ4n) is 2.64. The first-order valence-electron chi connectivity index (χ1n) is 8.77. The van der Waals surface area contributed by atoms with Crippen LogP contribution in [0.3, 0.4) is 0 Å². The van der Waals surface area contributed by atoms with Gasteiger partial charge in [0.2, 0.25) is 0 Å². The molecule has 0 fully saturated rings. The topological polar surface area (TPSA) is 73.2 Å². The van der Waals surface area contributed by atoms with Gasteiger partial charge in [-0.3, -0.25) is 9.59 Å². The Hall–Kier alpha value is -3.25. The van der Waals surface area contributed by atoms with E-state index in [1.165, 1.54) is 16.8 Å². The highest BCUT2D eigenvalue weighted by molar-refractivity contribution is 5.92. The SMILES string of the molecule is CCOCc1ccccc1CNC(=O)c1ccc(=O)n(-c2ccccc2)n1. The molecule has 1 amide bonds. The average molecular weight is 363 g/mol. The highest BCUT2D eigenvalue weighted by Gasteiger charge is 2.11. The van der Waals surface area contributed by atoms with Crippen molar-refractivity contribution in [3.8, 4) is 5.69 Å². The summed E-state index contributed by atoms with van der Waals surface area (Å²) >= 11 is 0. The lowest BCUT2D eigenvalue weighted by molar-refractivity contribution is 0.0943. The van der Waals surface area contributed by atoms with Gasteiger partial charge < -0.3 is 10.1 Å². The molecular weight excluding hydrogens is 342 g/mol. The zero-order chi connectivity index (χ0) is 19.1. The molecule has 3 aromatic rings. The first-order chi connectivity index (χ1) is 13.2. The van der Waals surface area contributed by atoms with Crippen LogP contribution in [-0.2, 0) is 17.9 Å². The van der Waals surface area contributed by atoms with Gasteiger partial charge in [0.15, 0.2) is 0 Å². The monoisotopic (exact) mass is 363 g/mol. The lowest BCUT2D eigenvalue weighted by Crippen LogP contribution is -2.29. The Balaban J connectivity index is 1.75. The van der Waals surface area contributed by atoms with Crippen LogP contribution in [0.5, 0.6) is 0 Å². The molecule has 6 nitrogen and oxygen atoms in total. The van der Waals surface area contributed by atoms with Gasteiger partial charge >= 0.3 is 0 Å². The molecule has 1 N–H and O–H groups in total. The Morgan fingerprint density at radius 2 is 1.70 bits per heavy atom. The second-order valence-corrected chi connectivity index (χ2v) is 5.89. The Morgan fingerprint density at radius 1 is 1.00 bits per heavy atom. The van der Waals surface area contributed by atoms with Crippen LogP contribution in [0.4, 0.5) is 0 Å². The second-order valence-electron chi connectivity index (χ2n) is 5.89. The summed E-state index contributed by atoms with van der Waals surface area (Å²) in [5.41, 5.74) is 2.51. The van der Waals surface area contributed by atoms with Crippen LogP contribution < -0.4 is 10.9 Å². The van der Waals surface area contributed by atoms with E-state index in [-0.39, 0.29) is 17.2 Å². The van der Waals surface area contributed by atoms with Gasteiger partial charge in [-0.2, -0.15) is 9.78 Å². The van der Waals surface area contributed by atoms with Gasteiger partial charge in [0.1, 0.15) is 5.69 Å². The molecule has 0 aliphatic carbocycles. The van der Waals surface area contributed by atoms with Crippen molar-refractivity contribution in [2.45, 2.75) is 20.1 Å². The molecule has 2 aromatic carbocycles. The van der Waals surface area contributed by atoms with Crippen molar-refractivity contribution in [2.75, 3.05) is 6.61 Å². The Labute approximate surface area is 157 Å². The predicted octanol–water partition coefficient (Wildman–Crippen LogP) is 2.70. The minimum absolute atomic E-state index is 0.181. The lowest BCUT2D eigenvalue weighted by Gasteiger charge is -2.11. The second kappa shape index (κ2) is 8.91. The number of amides is 1. The van der Waals surface area contributed by atoms with E-state index in [0.717, 1.165) is 11.1 Å². The molecule has 0 bridgehead atoms. The average Bonchev–Trinajstić information content (AvgIpc) is 2.72. The summed E-state index contributed by atoms with van der Waals surface area (Å²) in [4.78, 5) is 24.6. The molecule has 0 atom stereocenters. The molecule has 1 heterocycles. The molecule has 6 heteroatoms. The van der Waals surface area contributed by atoms with E-state index in [0.29, 0.717) is 25.4 Å². The summed E-state index contributed by atoms with van der Waals surface area (Å²) in [5.74, 6) is -0.342. The molecule has 0 aliphatic rings. The third kappa shape index (κ3) is 4.68. The van der Waals surface area contributed by atoms with Gasteiger partial charge in [-0.25, -0.2) is 0 Å². The Bertz CT molecular complexity index is 968. The van der Waals surface area contributed by atoms with Crippen molar-refractivity contribution < 1.29 is 9.53 Å². The lowest BCUT2D eigenvalue weighted by atomic mass is 10.1. The van der Waals surface area contributed by atoms with Crippen LogP contribution in [0.1, 0.15) is 28.5 Å².